The lowest BCUT2D eigenvalue weighted by atomic mass is 9.97. The first kappa shape index (κ1) is 12.4. The largest absolute Gasteiger partial charge is 0.339 e. The van der Waals surface area contributed by atoms with Gasteiger partial charge in [-0.3, -0.25) is 14.9 Å². The number of urea groups is 1. The van der Waals surface area contributed by atoms with Crippen LogP contribution in [0.2, 0.25) is 0 Å². The van der Waals surface area contributed by atoms with E-state index in [1.54, 1.807) is 4.90 Å². The van der Waals surface area contributed by atoms with Crippen molar-refractivity contribution in [2.45, 2.75) is 24.8 Å². The van der Waals surface area contributed by atoms with Crippen molar-refractivity contribution < 1.29 is 14.4 Å². The van der Waals surface area contributed by atoms with Gasteiger partial charge in [0.25, 0.3) is 5.91 Å². The fourth-order valence-electron chi connectivity index (χ4n) is 3.13. The fraction of sp³-hybridized carbons (Fsp3) is 0.750. The zero-order valence-corrected chi connectivity index (χ0v) is 10.7. The number of carbonyl (C=O) groups excluding carboxylic acids is 3. The first-order valence-electron chi connectivity index (χ1n) is 6.74. The summed E-state index contributed by atoms with van der Waals surface area (Å²) in [7, 11) is 0. The van der Waals surface area contributed by atoms with E-state index in [4.69, 9.17) is 0 Å². The number of carbonyl (C=O) groups is 3. The quantitative estimate of drug-likeness (QED) is 0.520. The number of amides is 4. The molecule has 7 nitrogen and oxygen atoms in total. The van der Waals surface area contributed by atoms with E-state index < -0.39 is 11.6 Å². The molecule has 7 heteroatoms. The summed E-state index contributed by atoms with van der Waals surface area (Å²) < 4.78 is 0. The second-order valence-corrected chi connectivity index (χ2v) is 5.54. The molecule has 3 aliphatic heterocycles. The van der Waals surface area contributed by atoms with Gasteiger partial charge in [0.2, 0.25) is 5.91 Å². The molecular formula is C12H18N4O3. The standard InChI is InChI=1S/C12H18N4O3/c17-9(8-2-1-4-13-6-8)16-5-3-12(7-16)10(18)14-11(19)15-12/h8,13H,1-7H2,(H2,14,15,18,19). The monoisotopic (exact) mass is 266 g/mol. The highest BCUT2D eigenvalue weighted by Gasteiger charge is 2.52. The minimum absolute atomic E-state index is 0.00376. The smallest absolute Gasteiger partial charge is 0.322 e. The molecule has 0 radical (unpaired) electrons. The molecule has 3 rings (SSSR count). The highest BCUT2D eigenvalue weighted by atomic mass is 16.2. The van der Waals surface area contributed by atoms with Crippen LogP contribution in [0.1, 0.15) is 19.3 Å². The van der Waals surface area contributed by atoms with Crippen molar-refractivity contribution in [1.82, 2.24) is 20.9 Å². The molecule has 0 aromatic carbocycles. The average molecular weight is 266 g/mol. The predicted molar refractivity (Wildman–Crippen MR) is 66.2 cm³/mol. The Kier molecular flexibility index (Phi) is 2.93. The zero-order chi connectivity index (χ0) is 13.5. The van der Waals surface area contributed by atoms with Gasteiger partial charge in [0.05, 0.1) is 12.5 Å². The van der Waals surface area contributed by atoms with Gasteiger partial charge in [-0.1, -0.05) is 0 Å². The van der Waals surface area contributed by atoms with Crippen LogP contribution in [0.25, 0.3) is 0 Å². The molecule has 3 heterocycles. The third kappa shape index (κ3) is 2.07. The lowest BCUT2D eigenvalue weighted by Crippen LogP contribution is -2.51. The summed E-state index contributed by atoms with van der Waals surface area (Å²) in [6, 6.07) is -0.460. The first-order valence-corrected chi connectivity index (χ1v) is 6.74. The molecule has 0 bridgehead atoms. The number of likely N-dealkylation sites (tertiary alicyclic amines) is 1. The van der Waals surface area contributed by atoms with E-state index >= 15 is 0 Å². The number of hydrogen-bond acceptors (Lipinski definition) is 4. The Hall–Kier alpha value is -1.63. The van der Waals surface area contributed by atoms with E-state index in [0.29, 0.717) is 26.1 Å². The van der Waals surface area contributed by atoms with Gasteiger partial charge in [0, 0.05) is 13.1 Å². The minimum Gasteiger partial charge on any atom is -0.339 e. The summed E-state index contributed by atoms with van der Waals surface area (Å²) >= 11 is 0. The van der Waals surface area contributed by atoms with Crippen molar-refractivity contribution >= 4 is 17.8 Å². The highest BCUT2D eigenvalue weighted by molar-refractivity contribution is 6.07. The molecule has 0 aromatic heterocycles. The zero-order valence-electron chi connectivity index (χ0n) is 10.7. The van der Waals surface area contributed by atoms with Crippen LogP contribution in [0.4, 0.5) is 4.79 Å². The summed E-state index contributed by atoms with van der Waals surface area (Å²) in [6.45, 7) is 2.50. The van der Waals surface area contributed by atoms with Crippen molar-refractivity contribution in [2.75, 3.05) is 26.2 Å². The maximum atomic E-state index is 12.4. The van der Waals surface area contributed by atoms with Gasteiger partial charge in [-0.15, -0.1) is 0 Å². The van der Waals surface area contributed by atoms with E-state index in [2.05, 4.69) is 16.0 Å². The topological polar surface area (TPSA) is 90.5 Å². The van der Waals surface area contributed by atoms with Crippen molar-refractivity contribution in [3.63, 3.8) is 0 Å². The number of hydrogen-bond donors (Lipinski definition) is 3. The predicted octanol–water partition coefficient (Wildman–Crippen LogP) is -1.20. The molecule has 3 saturated heterocycles. The molecule has 0 aliphatic carbocycles. The van der Waals surface area contributed by atoms with Crippen LogP contribution < -0.4 is 16.0 Å². The van der Waals surface area contributed by atoms with E-state index in [0.717, 1.165) is 19.4 Å². The van der Waals surface area contributed by atoms with Crippen LogP contribution >= 0.6 is 0 Å². The third-order valence-corrected chi connectivity index (χ3v) is 4.24. The number of imide groups is 1. The van der Waals surface area contributed by atoms with E-state index in [-0.39, 0.29) is 17.7 Å². The van der Waals surface area contributed by atoms with Gasteiger partial charge >= 0.3 is 6.03 Å². The molecule has 3 aliphatic rings. The number of piperidine rings is 1. The van der Waals surface area contributed by atoms with Gasteiger partial charge in [-0.25, -0.2) is 4.79 Å². The molecule has 19 heavy (non-hydrogen) atoms. The minimum atomic E-state index is -0.894. The Morgan fingerprint density at radius 1 is 1.37 bits per heavy atom. The number of nitrogens with zero attached hydrogens (tertiary/aromatic N) is 1. The Balaban J connectivity index is 1.67. The molecule has 2 unspecified atom stereocenters. The van der Waals surface area contributed by atoms with Gasteiger partial charge in [-0.2, -0.15) is 0 Å². The SMILES string of the molecule is O=C1NC(=O)C2(CCN(C(=O)C3CCCNC3)C2)N1. The van der Waals surface area contributed by atoms with Crippen LogP contribution in [0.3, 0.4) is 0 Å². The average Bonchev–Trinajstić information content (AvgIpc) is 2.95. The normalized spacial score (nSPS) is 34.5. The first-order chi connectivity index (χ1) is 9.11. The molecule has 3 N–H and O–H groups in total. The van der Waals surface area contributed by atoms with Gasteiger partial charge in [-0.05, 0) is 25.8 Å². The lowest BCUT2D eigenvalue weighted by Gasteiger charge is -2.27. The van der Waals surface area contributed by atoms with E-state index in [9.17, 15) is 14.4 Å². The number of rotatable bonds is 1. The van der Waals surface area contributed by atoms with Crippen molar-refractivity contribution in [2.24, 2.45) is 5.92 Å². The summed E-state index contributed by atoms with van der Waals surface area (Å²) in [4.78, 5) is 37.1. The third-order valence-electron chi connectivity index (χ3n) is 4.24. The number of nitrogens with one attached hydrogen (secondary N) is 3. The fourth-order valence-corrected chi connectivity index (χ4v) is 3.13. The van der Waals surface area contributed by atoms with Crippen molar-refractivity contribution in [1.29, 1.82) is 0 Å². The molecule has 104 valence electrons. The molecule has 2 atom stereocenters. The summed E-state index contributed by atoms with van der Waals surface area (Å²) in [5, 5.41) is 8.13. The second-order valence-electron chi connectivity index (χ2n) is 5.54. The molecule has 0 aromatic rings. The highest BCUT2D eigenvalue weighted by Crippen LogP contribution is 2.26. The van der Waals surface area contributed by atoms with Crippen LogP contribution in [0.15, 0.2) is 0 Å². The second kappa shape index (κ2) is 4.48. The summed E-state index contributed by atoms with van der Waals surface area (Å²) in [5.74, 6) is -0.211. The maximum Gasteiger partial charge on any atom is 0.322 e. The van der Waals surface area contributed by atoms with E-state index in [1.165, 1.54) is 0 Å². The van der Waals surface area contributed by atoms with Gasteiger partial charge < -0.3 is 15.5 Å². The Bertz CT molecular complexity index is 433. The summed E-state index contributed by atoms with van der Waals surface area (Å²) in [6.07, 6.45) is 2.40. The molecule has 0 saturated carbocycles. The Labute approximate surface area is 111 Å². The molecular weight excluding hydrogens is 248 g/mol. The van der Waals surface area contributed by atoms with Crippen LogP contribution in [0, 0.1) is 5.92 Å². The molecule has 4 amide bonds. The Morgan fingerprint density at radius 3 is 2.84 bits per heavy atom. The van der Waals surface area contributed by atoms with Crippen LogP contribution in [-0.4, -0.2) is 54.5 Å². The maximum absolute atomic E-state index is 12.4. The Morgan fingerprint density at radius 2 is 2.21 bits per heavy atom. The van der Waals surface area contributed by atoms with Crippen molar-refractivity contribution in [3.8, 4) is 0 Å². The van der Waals surface area contributed by atoms with Crippen LogP contribution in [0.5, 0.6) is 0 Å². The van der Waals surface area contributed by atoms with Crippen molar-refractivity contribution in [3.05, 3.63) is 0 Å². The van der Waals surface area contributed by atoms with E-state index in [1.807, 2.05) is 0 Å². The summed E-state index contributed by atoms with van der Waals surface area (Å²) in [5.41, 5.74) is -0.894. The van der Waals surface area contributed by atoms with Gasteiger partial charge in [0.15, 0.2) is 0 Å². The molecule has 3 fully saturated rings. The van der Waals surface area contributed by atoms with Crippen LogP contribution in [-0.2, 0) is 9.59 Å². The van der Waals surface area contributed by atoms with Gasteiger partial charge in [0.1, 0.15) is 5.54 Å². The molecule has 1 spiro atoms. The lowest BCUT2D eigenvalue weighted by molar-refractivity contribution is -0.135.